The Labute approximate surface area is 157 Å². The van der Waals surface area contributed by atoms with Crippen LogP contribution >= 0.6 is 11.3 Å². The predicted molar refractivity (Wildman–Crippen MR) is 106 cm³/mol. The number of nitrogens with zero attached hydrogens (tertiary/aromatic N) is 2. The Balaban J connectivity index is 1.64. The van der Waals surface area contributed by atoms with Gasteiger partial charge in [0.2, 0.25) is 0 Å². The largest absolute Gasteiger partial charge is 0.375 e. The number of nitrogen functional groups attached to an aromatic ring is 1. The Morgan fingerprint density at radius 1 is 1.15 bits per heavy atom. The molecule has 0 aliphatic heterocycles. The maximum absolute atomic E-state index is 12.3. The Hall–Kier alpha value is -2.73. The van der Waals surface area contributed by atoms with Crippen molar-refractivity contribution in [2.45, 2.75) is 27.2 Å². The van der Waals surface area contributed by atoms with E-state index in [4.69, 9.17) is 5.73 Å². The summed E-state index contributed by atoms with van der Waals surface area (Å²) in [5.74, 6) is -0.0935. The summed E-state index contributed by atoms with van der Waals surface area (Å²) in [5, 5.41) is 5.38. The molecule has 0 fully saturated rings. The summed E-state index contributed by atoms with van der Waals surface area (Å²) in [6, 6.07) is 9.62. The van der Waals surface area contributed by atoms with Gasteiger partial charge in [-0.1, -0.05) is 12.1 Å². The van der Waals surface area contributed by atoms with Gasteiger partial charge >= 0.3 is 0 Å². The maximum atomic E-state index is 12.3. The number of nitrogens with one attached hydrogen (secondary N) is 1. The first-order valence-corrected chi connectivity index (χ1v) is 9.35. The summed E-state index contributed by atoms with van der Waals surface area (Å²) in [7, 11) is 0. The van der Waals surface area contributed by atoms with E-state index in [-0.39, 0.29) is 5.91 Å². The number of hydrogen-bond acceptors (Lipinski definition) is 5. The van der Waals surface area contributed by atoms with Gasteiger partial charge in [-0.15, -0.1) is 11.3 Å². The Morgan fingerprint density at radius 2 is 1.88 bits per heavy atom. The second kappa shape index (κ2) is 7.66. The lowest BCUT2D eigenvalue weighted by Gasteiger charge is -2.09. The van der Waals surface area contributed by atoms with Gasteiger partial charge in [0, 0.05) is 35.2 Å². The maximum Gasteiger partial charge on any atom is 0.251 e. The minimum atomic E-state index is -0.0935. The molecule has 1 amide bonds. The molecule has 0 unspecified atom stereocenters. The zero-order valence-corrected chi connectivity index (χ0v) is 16.0. The minimum absolute atomic E-state index is 0.0935. The van der Waals surface area contributed by atoms with Crippen LogP contribution in [0.5, 0.6) is 0 Å². The third-order valence-electron chi connectivity index (χ3n) is 4.45. The molecule has 26 heavy (non-hydrogen) atoms. The number of rotatable bonds is 5. The van der Waals surface area contributed by atoms with Gasteiger partial charge in [-0.2, -0.15) is 0 Å². The number of pyridine rings is 1. The SMILES string of the molecule is Cc1cc(-c2ccc(C(=O)NCCc3csc(N)n3)cc2)nc(C)c1C. The quantitative estimate of drug-likeness (QED) is 0.722. The molecule has 0 spiro atoms. The van der Waals surface area contributed by atoms with E-state index in [0.29, 0.717) is 23.7 Å². The fourth-order valence-electron chi connectivity index (χ4n) is 2.68. The van der Waals surface area contributed by atoms with Gasteiger partial charge in [0.05, 0.1) is 11.4 Å². The fraction of sp³-hybridized carbons (Fsp3) is 0.250. The highest BCUT2D eigenvalue weighted by atomic mass is 32.1. The number of amides is 1. The van der Waals surface area contributed by atoms with Crippen molar-refractivity contribution in [1.29, 1.82) is 0 Å². The highest BCUT2D eigenvalue weighted by Gasteiger charge is 2.08. The van der Waals surface area contributed by atoms with Crippen molar-refractivity contribution in [2.75, 3.05) is 12.3 Å². The second-order valence-electron chi connectivity index (χ2n) is 6.30. The number of hydrogen-bond donors (Lipinski definition) is 2. The molecule has 0 atom stereocenters. The average molecular weight is 366 g/mol. The Morgan fingerprint density at radius 3 is 2.50 bits per heavy atom. The monoisotopic (exact) mass is 366 g/mol. The number of aromatic nitrogens is 2. The van der Waals surface area contributed by atoms with Crippen LogP contribution in [-0.2, 0) is 6.42 Å². The van der Waals surface area contributed by atoms with Crippen LogP contribution in [0.1, 0.15) is 32.9 Å². The van der Waals surface area contributed by atoms with Gasteiger partial charge in [0.25, 0.3) is 5.91 Å². The van der Waals surface area contributed by atoms with E-state index >= 15 is 0 Å². The highest BCUT2D eigenvalue weighted by molar-refractivity contribution is 7.13. The summed E-state index contributed by atoms with van der Waals surface area (Å²) < 4.78 is 0. The Bertz CT molecular complexity index is 908. The van der Waals surface area contributed by atoms with Crippen molar-refractivity contribution in [3.8, 4) is 11.3 Å². The molecule has 0 aliphatic carbocycles. The van der Waals surface area contributed by atoms with Gasteiger partial charge in [-0.25, -0.2) is 4.98 Å². The molecule has 5 nitrogen and oxygen atoms in total. The number of carbonyl (C=O) groups excluding carboxylic acids is 1. The van der Waals surface area contributed by atoms with Crippen LogP contribution in [0.25, 0.3) is 11.3 Å². The topological polar surface area (TPSA) is 80.9 Å². The summed E-state index contributed by atoms with van der Waals surface area (Å²) >= 11 is 1.41. The normalized spacial score (nSPS) is 10.7. The van der Waals surface area contributed by atoms with Crippen molar-refractivity contribution in [3.63, 3.8) is 0 Å². The first-order valence-electron chi connectivity index (χ1n) is 8.47. The number of benzene rings is 1. The van der Waals surface area contributed by atoms with Gasteiger partial charge in [0.15, 0.2) is 5.13 Å². The average Bonchev–Trinajstić information content (AvgIpc) is 3.04. The lowest BCUT2D eigenvalue weighted by atomic mass is 10.0. The zero-order chi connectivity index (χ0) is 18.7. The van der Waals surface area contributed by atoms with Gasteiger partial charge < -0.3 is 11.1 Å². The molecule has 134 valence electrons. The van der Waals surface area contributed by atoms with Crippen LogP contribution in [0.3, 0.4) is 0 Å². The van der Waals surface area contributed by atoms with Gasteiger partial charge in [0.1, 0.15) is 0 Å². The molecule has 3 aromatic rings. The summed E-state index contributed by atoms with van der Waals surface area (Å²) in [6.07, 6.45) is 0.670. The van der Waals surface area contributed by atoms with Gasteiger partial charge in [-0.05, 0) is 50.1 Å². The molecule has 0 aliphatic rings. The van der Waals surface area contributed by atoms with E-state index in [2.05, 4.69) is 35.2 Å². The van der Waals surface area contributed by atoms with Crippen LogP contribution in [0.4, 0.5) is 5.13 Å². The molecule has 1 aromatic carbocycles. The van der Waals surface area contributed by atoms with E-state index in [1.807, 2.05) is 36.6 Å². The summed E-state index contributed by atoms with van der Waals surface area (Å²) in [4.78, 5) is 21.1. The molecule has 0 saturated carbocycles. The standard InChI is InChI=1S/C20H22N4OS/c1-12-10-18(23-14(3)13(12)2)15-4-6-16(7-5-15)19(25)22-9-8-17-11-26-20(21)24-17/h4-7,10-11H,8-9H2,1-3H3,(H2,21,24)(H,22,25). The smallest absolute Gasteiger partial charge is 0.251 e. The Kier molecular flexibility index (Phi) is 5.32. The molecule has 3 rings (SSSR count). The second-order valence-corrected chi connectivity index (χ2v) is 7.18. The molecule has 2 aromatic heterocycles. The predicted octanol–water partition coefficient (Wildman–Crippen LogP) is 3.69. The molecule has 6 heteroatoms. The first kappa shape index (κ1) is 18.1. The number of aryl methyl sites for hydroxylation is 2. The lowest BCUT2D eigenvalue weighted by molar-refractivity contribution is 0.0954. The molecule has 2 heterocycles. The highest BCUT2D eigenvalue weighted by Crippen LogP contribution is 2.22. The van der Waals surface area contributed by atoms with E-state index in [1.165, 1.54) is 22.5 Å². The number of nitrogens with two attached hydrogens (primary N) is 1. The molecular weight excluding hydrogens is 344 g/mol. The van der Waals surface area contributed by atoms with Crippen molar-refractivity contribution in [3.05, 3.63) is 63.8 Å². The van der Waals surface area contributed by atoms with E-state index in [1.54, 1.807) is 0 Å². The van der Waals surface area contributed by atoms with Crippen molar-refractivity contribution in [2.24, 2.45) is 0 Å². The molecule has 0 bridgehead atoms. The summed E-state index contributed by atoms with van der Waals surface area (Å²) in [6.45, 7) is 6.71. The van der Waals surface area contributed by atoms with Crippen molar-refractivity contribution >= 4 is 22.4 Å². The third kappa shape index (κ3) is 4.08. The van der Waals surface area contributed by atoms with Crippen LogP contribution in [0.15, 0.2) is 35.7 Å². The van der Waals surface area contributed by atoms with Crippen LogP contribution < -0.4 is 11.1 Å². The number of anilines is 1. The molecule has 3 N–H and O–H groups in total. The van der Waals surface area contributed by atoms with Crippen molar-refractivity contribution < 1.29 is 4.79 Å². The van der Waals surface area contributed by atoms with E-state index in [0.717, 1.165) is 22.6 Å². The molecule has 0 radical (unpaired) electrons. The van der Waals surface area contributed by atoms with Crippen LogP contribution in [0, 0.1) is 20.8 Å². The molecule has 0 saturated heterocycles. The fourth-order valence-corrected chi connectivity index (χ4v) is 3.28. The number of carbonyl (C=O) groups is 1. The zero-order valence-electron chi connectivity index (χ0n) is 15.2. The molecular formula is C20H22N4OS. The first-order chi connectivity index (χ1) is 12.4. The van der Waals surface area contributed by atoms with Gasteiger partial charge in [-0.3, -0.25) is 9.78 Å². The lowest BCUT2D eigenvalue weighted by Crippen LogP contribution is -2.25. The number of thiazole rings is 1. The third-order valence-corrected chi connectivity index (χ3v) is 5.18. The van der Waals surface area contributed by atoms with E-state index in [9.17, 15) is 4.79 Å². The van der Waals surface area contributed by atoms with Crippen LogP contribution in [0.2, 0.25) is 0 Å². The van der Waals surface area contributed by atoms with Crippen molar-refractivity contribution in [1.82, 2.24) is 15.3 Å². The summed E-state index contributed by atoms with van der Waals surface area (Å²) in [5.41, 5.74) is 12.5. The van der Waals surface area contributed by atoms with Crippen LogP contribution in [-0.4, -0.2) is 22.4 Å². The van der Waals surface area contributed by atoms with E-state index < -0.39 is 0 Å². The minimum Gasteiger partial charge on any atom is -0.375 e.